The van der Waals surface area contributed by atoms with Crippen LogP contribution in [0.1, 0.15) is 55.4 Å². The highest BCUT2D eigenvalue weighted by atomic mass is 31.2. The molecule has 19 heavy (non-hydrogen) atoms. The van der Waals surface area contributed by atoms with Gasteiger partial charge >= 0.3 is 7.94 Å². The van der Waals surface area contributed by atoms with E-state index in [9.17, 15) is 10.1 Å². The van der Waals surface area contributed by atoms with Crippen molar-refractivity contribution >= 4 is 7.94 Å². The molecule has 5 nitrogen and oxygen atoms in total. The molecule has 0 amide bonds. The highest BCUT2D eigenvalue weighted by Gasteiger charge is 2.60. The van der Waals surface area contributed by atoms with Gasteiger partial charge in [0.1, 0.15) is 0 Å². The number of hydroxylamine groups is 2. The summed E-state index contributed by atoms with van der Waals surface area (Å²) in [7, 11) is -3.18. The second kappa shape index (κ2) is 6.79. The minimum Gasteiger partial charge on any atom is -0.310 e. The lowest BCUT2D eigenvalue weighted by Crippen LogP contribution is -2.52. The second-order valence-corrected chi connectivity index (χ2v) is 8.79. The monoisotopic (exact) mass is 296 g/mol. The van der Waals surface area contributed by atoms with Gasteiger partial charge < -0.3 is 5.21 Å². The molecule has 0 aliphatic heterocycles. The molecule has 0 heterocycles. The highest BCUT2D eigenvalue weighted by Crippen LogP contribution is 2.66. The van der Waals surface area contributed by atoms with Crippen LogP contribution in [0.3, 0.4) is 0 Å². The average Bonchev–Trinajstić information content (AvgIpc) is 2.13. The van der Waals surface area contributed by atoms with Gasteiger partial charge in [0, 0.05) is 11.0 Å². The van der Waals surface area contributed by atoms with E-state index in [1.807, 2.05) is 55.4 Å². The van der Waals surface area contributed by atoms with Crippen molar-refractivity contribution in [2.45, 2.75) is 66.7 Å². The summed E-state index contributed by atoms with van der Waals surface area (Å²) in [6.45, 7) is 15.8. The van der Waals surface area contributed by atoms with Crippen molar-refractivity contribution in [1.82, 2.24) is 5.06 Å². The Labute approximate surface area is 118 Å². The predicted molar refractivity (Wildman–Crippen MR) is 79.0 cm³/mol. The van der Waals surface area contributed by atoms with Crippen LogP contribution in [0.4, 0.5) is 0 Å². The fourth-order valence-corrected chi connectivity index (χ4v) is 4.61. The maximum absolute atomic E-state index is 10.8. The summed E-state index contributed by atoms with van der Waals surface area (Å²) < 4.78 is 11.0. The molecule has 0 radical (unpaired) electrons. The van der Waals surface area contributed by atoms with E-state index in [2.05, 4.69) is 0 Å². The molecule has 1 unspecified atom stereocenters. The SMILES string of the molecule is CCO[P+](O)(OCC)C(N(O)C(C)(C)C)C(C)(C)C. The van der Waals surface area contributed by atoms with E-state index in [1.54, 1.807) is 0 Å². The Morgan fingerprint density at radius 2 is 1.37 bits per heavy atom. The van der Waals surface area contributed by atoms with E-state index in [0.29, 0.717) is 13.2 Å². The topological polar surface area (TPSA) is 62.2 Å². The molecule has 116 valence electrons. The Kier molecular flexibility index (Phi) is 6.87. The zero-order chi connectivity index (χ0) is 15.5. The first-order valence-corrected chi connectivity index (χ1v) is 8.43. The van der Waals surface area contributed by atoms with Crippen LogP contribution >= 0.6 is 7.94 Å². The first kappa shape index (κ1) is 19.2. The summed E-state index contributed by atoms with van der Waals surface area (Å²) in [6, 6.07) is 0. The summed E-state index contributed by atoms with van der Waals surface area (Å²) in [4.78, 5) is 10.8. The summed E-state index contributed by atoms with van der Waals surface area (Å²) in [5.74, 6) is -0.611. The number of rotatable bonds is 6. The molecule has 0 aliphatic rings. The lowest BCUT2D eigenvalue weighted by molar-refractivity contribution is -0.193. The molecule has 0 aliphatic carbocycles. The van der Waals surface area contributed by atoms with Crippen molar-refractivity contribution in [3.05, 3.63) is 0 Å². The van der Waals surface area contributed by atoms with Gasteiger partial charge in [0.05, 0.1) is 13.2 Å². The van der Waals surface area contributed by atoms with E-state index >= 15 is 0 Å². The quantitative estimate of drug-likeness (QED) is 0.578. The number of hydrogen-bond donors (Lipinski definition) is 2. The van der Waals surface area contributed by atoms with Gasteiger partial charge in [-0.2, -0.15) is 13.9 Å². The minimum atomic E-state index is -3.18. The lowest BCUT2D eigenvalue weighted by Gasteiger charge is -2.42. The molecular formula is C13H31NO4P+. The largest absolute Gasteiger partial charge is 0.430 e. The highest BCUT2D eigenvalue weighted by molar-refractivity contribution is 7.61. The zero-order valence-corrected chi connectivity index (χ0v) is 14.5. The van der Waals surface area contributed by atoms with E-state index < -0.39 is 24.7 Å². The molecule has 0 saturated carbocycles. The fourth-order valence-electron chi connectivity index (χ4n) is 1.91. The Morgan fingerprint density at radius 3 is 1.58 bits per heavy atom. The predicted octanol–water partition coefficient (Wildman–Crippen LogP) is 3.68. The van der Waals surface area contributed by atoms with Gasteiger partial charge in [0.2, 0.25) is 5.78 Å². The first-order valence-electron chi connectivity index (χ1n) is 6.79. The van der Waals surface area contributed by atoms with Gasteiger partial charge in [-0.1, -0.05) is 20.8 Å². The van der Waals surface area contributed by atoms with Crippen LogP contribution in [0.2, 0.25) is 0 Å². The molecule has 6 heteroatoms. The normalized spacial score (nSPS) is 15.9. The van der Waals surface area contributed by atoms with Crippen LogP contribution in [0.5, 0.6) is 0 Å². The molecule has 0 aromatic heterocycles. The van der Waals surface area contributed by atoms with Crippen molar-refractivity contribution in [3.63, 3.8) is 0 Å². The third kappa shape index (κ3) is 5.25. The van der Waals surface area contributed by atoms with E-state index in [4.69, 9.17) is 9.05 Å². The van der Waals surface area contributed by atoms with Gasteiger partial charge in [-0.15, -0.1) is 5.06 Å². The molecule has 0 bridgehead atoms. The average molecular weight is 296 g/mol. The van der Waals surface area contributed by atoms with E-state index in [0.717, 1.165) is 0 Å². The van der Waals surface area contributed by atoms with Crippen LogP contribution < -0.4 is 0 Å². The third-order valence-corrected chi connectivity index (χ3v) is 5.50. The molecule has 0 fully saturated rings. The smallest absolute Gasteiger partial charge is 0.310 e. The lowest BCUT2D eigenvalue weighted by atomic mass is 9.94. The van der Waals surface area contributed by atoms with Crippen molar-refractivity contribution in [1.29, 1.82) is 0 Å². The molecule has 2 N–H and O–H groups in total. The van der Waals surface area contributed by atoms with Crippen LogP contribution in [-0.4, -0.2) is 39.7 Å². The van der Waals surface area contributed by atoms with Gasteiger partial charge in [0.15, 0.2) is 0 Å². The maximum atomic E-state index is 10.8. The van der Waals surface area contributed by atoms with E-state index in [1.165, 1.54) is 5.06 Å². The molecule has 0 aromatic carbocycles. The fraction of sp³-hybridized carbons (Fsp3) is 1.00. The van der Waals surface area contributed by atoms with Crippen molar-refractivity contribution in [2.24, 2.45) is 5.41 Å². The zero-order valence-electron chi connectivity index (χ0n) is 13.6. The van der Waals surface area contributed by atoms with Crippen LogP contribution in [0.15, 0.2) is 0 Å². The molecular weight excluding hydrogens is 265 g/mol. The molecule has 0 spiro atoms. The maximum Gasteiger partial charge on any atom is 0.430 e. The Balaban J connectivity index is 5.56. The first-order chi connectivity index (χ1) is 8.40. The van der Waals surface area contributed by atoms with Crippen molar-refractivity contribution in [2.75, 3.05) is 13.2 Å². The van der Waals surface area contributed by atoms with Crippen LogP contribution in [0, 0.1) is 5.41 Å². The van der Waals surface area contributed by atoms with Gasteiger partial charge in [0.25, 0.3) is 0 Å². The molecule has 0 aromatic rings. The summed E-state index contributed by atoms with van der Waals surface area (Å²) in [5.41, 5.74) is -0.908. The van der Waals surface area contributed by atoms with Gasteiger partial charge in [-0.05, 0) is 34.6 Å². The van der Waals surface area contributed by atoms with Gasteiger partial charge in [-0.25, -0.2) is 0 Å². The van der Waals surface area contributed by atoms with E-state index in [-0.39, 0.29) is 0 Å². The Bertz CT molecular complexity index is 267. The molecule has 1 atom stereocenters. The minimum absolute atomic E-state index is 0.342. The number of hydrogen-bond acceptors (Lipinski definition) is 5. The van der Waals surface area contributed by atoms with Crippen molar-refractivity contribution < 1.29 is 19.1 Å². The van der Waals surface area contributed by atoms with Crippen LogP contribution in [-0.2, 0) is 9.05 Å². The van der Waals surface area contributed by atoms with Gasteiger partial charge in [-0.3, -0.25) is 0 Å². The summed E-state index contributed by atoms with van der Waals surface area (Å²) in [5, 5.41) is 11.7. The Hall–Kier alpha value is 0.230. The third-order valence-electron chi connectivity index (χ3n) is 2.63. The molecule has 0 saturated heterocycles. The van der Waals surface area contributed by atoms with Crippen molar-refractivity contribution in [3.8, 4) is 0 Å². The number of nitrogens with zero attached hydrogens (tertiary/aromatic N) is 1. The summed E-state index contributed by atoms with van der Waals surface area (Å²) >= 11 is 0. The summed E-state index contributed by atoms with van der Waals surface area (Å²) in [6.07, 6.45) is 0. The standard InChI is InChI=1S/C13H31NO4P/c1-9-17-19(16,18-10-2)11(12(3,4)5)14(15)13(6,7)8/h11,15-16H,9-10H2,1-8H3/q+1. The van der Waals surface area contributed by atoms with Crippen LogP contribution in [0.25, 0.3) is 0 Å². The molecule has 0 rings (SSSR count). The Morgan fingerprint density at radius 1 is 1.00 bits per heavy atom. The second-order valence-electron chi connectivity index (χ2n) is 6.65.